The van der Waals surface area contributed by atoms with Crippen molar-refractivity contribution in [1.29, 1.82) is 0 Å². The summed E-state index contributed by atoms with van der Waals surface area (Å²) in [5.74, 6) is 0.824. The quantitative estimate of drug-likeness (QED) is 0.745. The zero-order chi connectivity index (χ0) is 15.8. The van der Waals surface area contributed by atoms with Crippen molar-refractivity contribution in [2.24, 2.45) is 0 Å². The first-order valence-electron chi connectivity index (χ1n) is 8.36. The summed E-state index contributed by atoms with van der Waals surface area (Å²) in [6.07, 6.45) is 1.88. The van der Waals surface area contributed by atoms with E-state index in [4.69, 9.17) is 4.74 Å². The maximum absolute atomic E-state index is 10.2. The van der Waals surface area contributed by atoms with E-state index in [1.54, 1.807) is 0 Å². The molecular weight excluding hydrogens is 274 g/mol. The predicted molar refractivity (Wildman–Crippen MR) is 91.6 cm³/mol. The van der Waals surface area contributed by atoms with Gasteiger partial charge in [-0.1, -0.05) is 44.2 Å². The summed E-state index contributed by atoms with van der Waals surface area (Å²) in [6, 6.07) is 14.3. The second-order valence-electron chi connectivity index (χ2n) is 5.93. The van der Waals surface area contributed by atoms with E-state index in [0.717, 1.165) is 38.2 Å². The zero-order valence-corrected chi connectivity index (χ0v) is 13.7. The number of nitrogens with one attached hydrogen (secondary N) is 1. The lowest BCUT2D eigenvalue weighted by molar-refractivity contribution is -0.903. The molecular formula is C19H28NO2+. The van der Waals surface area contributed by atoms with Crippen LogP contribution in [0, 0.1) is 0 Å². The highest BCUT2D eigenvalue weighted by Gasteiger charge is 2.14. The van der Waals surface area contributed by atoms with Crippen LogP contribution in [0.4, 0.5) is 0 Å². The lowest BCUT2D eigenvalue weighted by atomic mass is 10.1. The summed E-state index contributed by atoms with van der Waals surface area (Å²) >= 11 is 0. The third-order valence-corrected chi connectivity index (χ3v) is 3.89. The van der Waals surface area contributed by atoms with Gasteiger partial charge < -0.3 is 14.7 Å². The summed E-state index contributed by atoms with van der Waals surface area (Å²) in [5.41, 5.74) is 0. The van der Waals surface area contributed by atoms with E-state index in [0.29, 0.717) is 6.61 Å². The van der Waals surface area contributed by atoms with Gasteiger partial charge in [-0.15, -0.1) is 0 Å². The highest BCUT2D eigenvalue weighted by Crippen LogP contribution is 2.20. The van der Waals surface area contributed by atoms with Crippen LogP contribution < -0.4 is 9.64 Å². The van der Waals surface area contributed by atoms with Gasteiger partial charge in [0.25, 0.3) is 0 Å². The molecule has 0 saturated heterocycles. The van der Waals surface area contributed by atoms with Crippen LogP contribution in [0.25, 0.3) is 10.8 Å². The molecule has 0 aromatic heterocycles. The lowest BCUT2D eigenvalue weighted by Crippen LogP contribution is -3.13. The first-order valence-corrected chi connectivity index (χ1v) is 8.36. The lowest BCUT2D eigenvalue weighted by Gasteiger charge is -2.21. The average Bonchev–Trinajstić information content (AvgIpc) is 2.53. The number of quaternary nitrogens is 1. The Morgan fingerprint density at radius 1 is 1.00 bits per heavy atom. The molecule has 0 amide bonds. The average molecular weight is 302 g/mol. The minimum atomic E-state index is -0.417. The Morgan fingerprint density at radius 2 is 1.68 bits per heavy atom. The van der Waals surface area contributed by atoms with Crippen LogP contribution in [0.2, 0.25) is 0 Å². The summed E-state index contributed by atoms with van der Waals surface area (Å²) in [7, 11) is 0. The van der Waals surface area contributed by atoms with Crippen molar-refractivity contribution in [3.05, 3.63) is 42.5 Å². The van der Waals surface area contributed by atoms with Crippen LogP contribution in [-0.2, 0) is 0 Å². The molecule has 2 N–H and O–H groups in total. The third-order valence-electron chi connectivity index (χ3n) is 3.89. The first kappa shape index (κ1) is 16.8. The molecule has 0 unspecified atom stereocenters. The van der Waals surface area contributed by atoms with Crippen molar-refractivity contribution in [3.63, 3.8) is 0 Å². The molecule has 0 fully saturated rings. The molecule has 0 aliphatic carbocycles. The molecule has 0 aliphatic heterocycles. The standard InChI is InChI=1S/C19H27NO2/c1-3-11-20(12-4-2)14-18(21)15-22-19-10-9-16-7-5-6-8-17(16)13-19/h5-10,13,18,21H,3-4,11-12,14-15H2,1-2H3/p+1/t18-/m1/s1. The zero-order valence-electron chi connectivity index (χ0n) is 13.7. The van der Waals surface area contributed by atoms with Crippen molar-refractivity contribution in [3.8, 4) is 5.75 Å². The van der Waals surface area contributed by atoms with Crippen LogP contribution in [0.15, 0.2) is 42.5 Å². The van der Waals surface area contributed by atoms with Gasteiger partial charge in [-0.25, -0.2) is 0 Å². The monoisotopic (exact) mass is 302 g/mol. The van der Waals surface area contributed by atoms with Crippen molar-refractivity contribution in [1.82, 2.24) is 0 Å². The maximum Gasteiger partial charge on any atom is 0.137 e. The number of fused-ring (bicyclic) bond motifs is 1. The molecule has 0 bridgehead atoms. The van der Waals surface area contributed by atoms with Gasteiger partial charge in [0.2, 0.25) is 0 Å². The van der Waals surface area contributed by atoms with Gasteiger partial charge in [0.05, 0.1) is 13.1 Å². The second-order valence-corrected chi connectivity index (χ2v) is 5.93. The third kappa shape index (κ3) is 5.00. The number of benzene rings is 2. The maximum atomic E-state index is 10.2. The highest BCUT2D eigenvalue weighted by molar-refractivity contribution is 5.83. The number of hydrogen-bond acceptors (Lipinski definition) is 2. The largest absolute Gasteiger partial charge is 0.491 e. The molecule has 22 heavy (non-hydrogen) atoms. The first-order chi connectivity index (χ1) is 10.7. The Labute approximate surface area is 133 Å². The summed E-state index contributed by atoms with van der Waals surface area (Å²) in [6.45, 7) is 7.72. The smallest absolute Gasteiger partial charge is 0.137 e. The Kier molecular flexibility index (Phi) is 6.69. The van der Waals surface area contributed by atoms with Gasteiger partial charge in [0.1, 0.15) is 25.0 Å². The summed E-state index contributed by atoms with van der Waals surface area (Å²) < 4.78 is 5.77. The molecule has 0 saturated carbocycles. The van der Waals surface area contributed by atoms with E-state index in [-0.39, 0.29) is 0 Å². The SMILES string of the molecule is CCC[NH+](CCC)C[C@@H](O)COc1ccc2ccccc2c1. The molecule has 3 heteroatoms. The van der Waals surface area contributed by atoms with Crippen LogP contribution in [-0.4, -0.2) is 37.5 Å². The Hall–Kier alpha value is -1.58. The highest BCUT2D eigenvalue weighted by atomic mass is 16.5. The van der Waals surface area contributed by atoms with E-state index in [1.165, 1.54) is 15.7 Å². The van der Waals surface area contributed by atoms with Crippen LogP contribution in [0.3, 0.4) is 0 Å². The molecule has 2 rings (SSSR count). The van der Waals surface area contributed by atoms with E-state index >= 15 is 0 Å². The number of aliphatic hydroxyl groups is 1. The molecule has 1 atom stereocenters. The van der Waals surface area contributed by atoms with Crippen LogP contribution in [0.5, 0.6) is 5.75 Å². The molecule has 0 heterocycles. The normalized spacial score (nSPS) is 12.7. The van der Waals surface area contributed by atoms with Crippen LogP contribution in [0.1, 0.15) is 26.7 Å². The fourth-order valence-electron chi connectivity index (χ4n) is 2.88. The van der Waals surface area contributed by atoms with Crippen molar-refractivity contribution < 1.29 is 14.7 Å². The van der Waals surface area contributed by atoms with Gasteiger partial charge >= 0.3 is 0 Å². The molecule has 0 aliphatic rings. The Morgan fingerprint density at radius 3 is 2.36 bits per heavy atom. The molecule has 2 aromatic rings. The minimum absolute atomic E-state index is 0.356. The van der Waals surface area contributed by atoms with Crippen LogP contribution >= 0.6 is 0 Å². The van der Waals surface area contributed by atoms with E-state index in [9.17, 15) is 5.11 Å². The van der Waals surface area contributed by atoms with Gasteiger partial charge in [0, 0.05) is 0 Å². The number of aliphatic hydroxyl groups excluding tert-OH is 1. The van der Waals surface area contributed by atoms with Crippen molar-refractivity contribution in [2.45, 2.75) is 32.8 Å². The predicted octanol–water partition coefficient (Wildman–Crippen LogP) is 2.28. The summed E-state index contributed by atoms with van der Waals surface area (Å²) in [5, 5.41) is 12.6. The number of ether oxygens (including phenoxy) is 1. The van der Waals surface area contributed by atoms with Crippen molar-refractivity contribution >= 4 is 10.8 Å². The molecule has 0 spiro atoms. The van der Waals surface area contributed by atoms with E-state index in [2.05, 4.69) is 32.0 Å². The van der Waals surface area contributed by atoms with Gasteiger partial charge in [-0.2, -0.15) is 0 Å². The Bertz CT molecular complexity index is 564. The fraction of sp³-hybridized carbons (Fsp3) is 0.474. The second kappa shape index (κ2) is 8.76. The Balaban J connectivity index is 1.87. The molecule has 120 valence electrons. The van der Waals surface area contributed by atoms with E-state index in [1.807, 2.05) is 24.3 Å². The summed E-state index contributed by atoms with van der Waals surface area (Å²) in [4.78, 5) is 1.46. The fourth-order valence-corrected chi connectivity index (χ4v) is 2.88. The van der Waals surface area contributed by atoms with E-state index < -0.39 is 6.10 Å². The van der Waals surface area contributed by atoms with Crippen molar-refractivity contribution in [2.75, 3.05) is 26.2 Å². The number of rotatable bonds is 9. The van der Waals surface area contributed by atoms with Gasteiger partial charge in [0.15, 0.2) is 0 Å². The minimum Gasteiger partial charge on any atom is -0.491 e. The van der Waals surface area contributed by atoms with Gasteiger partial charge in [-0.05, 0) is 35.7 Å². The van der Waals surface area contributed by atoms with Gasteiger partial charge in [-0.3, -0.25) is 0 Å². The number of hydrogen-bond donors (Lipinski definition) is 2. The topological polar surface area (TPSA) is 33.9 Å². The molecule has 2 aromatic carbocycles. The molecule has 3 nitrogen and oxygen atoms in total. The molecule has 0 radical (unpaired) electrons.